The molecule has 0 radical (unpaired) electrons. The average Bonchev–Trinajstić information content (AvgIpc) is 2.28. The summed E-state index contributed by atoms with van der Waals surface area (Å²) in [4.78, 5) is 24.4. The highest BCUT2D eigenvalue weighted by molar-refractivity contribution is 5.78. The predicted molar refractivity (Wildman–Crippen MR) is 66.3 cm³/mol. The van der Waals surface area contributed by atoms with Gasteiger partial charge in [0.2, 0.25) is 11.8 Å². The molecule has 0 aliphatic heterocycles. The fraction of sp³-hybridized carbons (Fsp3) is 0.385. The van der Waals surface area contributed by atoms with Crippen molar-refractivity contribution in [2.45, 2.75) is 19.4 Å². The molecule has 2 amide bonds. The summed E-state index contributed by atoms with van der Waals surface area (Å²) in [5.74, 6) is -0.141. The second kappa shape index (κ2) is 6.03. The Bertz CT molecular complexity index is 388. The zero-order valence-electron chi connectivity index (χ0n) is 10.4. The highest BCUT2D eigenvalue weighted by atomic mass is 16.2. The molecule has 0 aromatic heterocycles. The number of amides is 2. The van der Waals surface area contributed by atoms with Crippen LogP contribution in [-0.4, -0.2) is 30.8 Å². The maximum atomic E-state index is 11.7. The van der Waals surface area contributed by atoms with E-state index in [1.807, 2.05) is 30.3 Å². The highest BCUT2D eigenvalue weighted by Crippen LogP contribution is 2.17. The van der Waals surface area contributed by atoms with E-state index < -0.39 is 0 Å². The van der Waals surface area contributed by atoms with Crippen molar-refractivity contribution in [2.75, 3.05) is 14.1 Å². The molecule has 1 rings (SSSR count). The molecule has 1 atom stereocenters. The van der Waals surface area contributed by atoms with E-state index in [1.165, 1.54) is 11.8 Å². The standard InChI is InChI=1S/C13H18N2O2/c1-10(16)14-12(9-13(17)15(2)3)11-7-5-4-6-8-11/h4-8,12H,9H2,1-3H3,(H,14,16). The van der Waals surface area contributed by atoms with Crippen LogP contribution in [0.25, 0.3) is 0 Å². The van der Waals surface area contributed by atoms with Gasteiger partial charge in [-0.15, -0.1) is 0 Å². The molecule has 0 saturated heterocycles. The van der Waals surface area contributed by atoms with Crippen LogP contribution in [0.3, 0.4) is 0 Å². The summed E-state index contributed by atoms with van der Waals surface area (Å²) in [6.07, 6.45) is 0.274. The maximum absolute atomic E-state index is 11.7. The molecule has 0 bridgehead atoms. The van der Waals surface area contributed by atoms with Gasteiger partial charge >= 0.3 is 0 Å². The first-order valence-corrected chi connectivity index (χ1v) is 5.53. The van der Waals surface area contributed by atoms with Gasteiger partial charge in [0.15, 0.2) is 0 Å². The normalized spacial score (nSPS) is 11.7. The summed E-state index contributed by atoms with van der Waals surface area (Å²) in [7, 11) is 3.41. The summed E-state index contributed by atoms with van der Waals surface area (Å²) in [6.45, 7) is 1.45. The third kappa shape index (κ3) is 4.26. The zero-order chi connectivity index (χ0) is 12.8. The third-order valence-corrected chi connectivity index (χ3v) is 2.46. The van der Waals surface area contributed by atoms with Gasteiger partial charge in [-0.2, -0.15) is 0 Å². The van der Waals surface area contributed by atoms with Gasteiger partial charge in [0.25, 0.3) is 0 Å². The lowest BCUT2D eigenvalue weighted by Gasteiger charge is -2.20. The lowest BCUT2D eigenvalue weighted by molar-refractivity contribution is -0.129. The Morgan fingerprint density at radius 3 is 2.29 bits per heavy atom. The molecule has 1 N–H and O–H groups in total. The molecule has 4 heteroatoms. The summed E-state index contributed by atoms with van der Waals surface area (Å²) in [5, 5.41) is 2.80. The van der Waals surface area contributed by atoms with Gasteiger partial charge in [0.1, 0.15) is 0 Å². The van der Waals surface area contributed by atoms with Gasteiger partial charge in [0.05, 0.1) is 12.5 Å². The SMILES string of the molecule is CC(=O)NC(CC(=O)N(C)C)c1ccccc1. The maximum Gasteiger partial charge on any atom is 0.224 e. The second-order valence-electron chi connectivity index (χ2n) is 4.16. The smallest absolute Gasteiger partial charge is 0.224 e. The first kappa shape index (κ1) is 13.2. The largest absolute Gasteiger partial charge is 0.349 e. The van der Waals surface area contributed by atoms with Crippen LogP contribution in [0, 0.1) is 0 Å². The second-order valence-corrected chi connectivity index (χ2v) is 4.16. The molecule has 92 valence electrons. The van der Waals surface area contributed by atoms with Crippen molar-refractivity contribution in [1.82, 2.24) is 10.2 Å². The van der Waals surface area contributed by atoms with Crippen LogP contribution in [0.4, 0.5) is 0 Å². The summed E-state index contributed by atoms with van der Waals surface area (Å²) in [5.41, 5.74) is 0.943. The van der Waals surface area contributed by atoms with E-state index in [0.29, 0.717) is 0 Å². The summed E-state index contributed by atoms with van der Waals surface area (Å²) in [6, 6.07) is 9.24. The Balaban J connectivity index is 2.81. The van der Waals surface area contributed by atoms with Gasteiger partial charge < -0.3 is 10.2 Å². The Hall–Kier alpha value is -1.84. The minimum atomic E-state index is -0.261. The Morgan fingerprint density at radius 1 is 1.24 bits per heavy atom. The lowest BCUT2D eigenvalue weighted by Crippen LogP contribution is -2.32. The van der Waals surface area contributed by atoms with E-state index >= 15 is 0 Å². The topological polar surface area (TPSA) is 49.4 Å². The van der Waals surface area contributed by atoms with Crippen LogP contribution < -0.4 is 5.32 Å². The van der Waals surface area contributed by atoms with Crippen molar-refractivity contribution in [3.8, 4) is 0 Å². The molecule has 0 heterocycles. The van der Waals surface area contributed by atoms with Gasteiger partial charge in [-0.25, -0.2) is 0 Å². The minimum Gasteiger partial charge on any atom is -0.349 e. The van der Waals surface area contributed by atoms with Crippen molar-refractivity contribution in [2.24, 2.45) is 0 Å². The molecule has 1 unspecified atom stereocenters. The van der Waals surface area contributed by atoms with Crippen LogP contribution >= 0.6 is 0 Å². The number of carbonyl (C=O) groups excluding carboxylic acids is 2. The van der Waals surface area contributed by atoms with E-state index in [-0.39, 0.29) is 24.3 Å². The number of nitrogens with zero attached hydrogens (tertiary/aromatic N) is 1. The molecule has 0 saturated carbocycles. The van der Waals surface area contributed by atoms with Crippen molar-refractivity contribution in [3.63, 3.8) is 0 Å². The first-order chi connectivity index (χ1) is 8.00. The lowest BCUT2D eigenvalue weighted by atomic mass is 10.0. The Labute approximate surface area is 102 Å². The van der Waals surface area contributed by atoms with Crippen LogP contribution in [0.15, 0.2) is 30.3 Å². The van der Waals surface area contributed by atoms with Crippen LogP contribution in [-0.2, 0) is 9.59 Å². The monoisotopic (exact) mass is 234 g/mol. The highest BCUT2D eigenvalue weighted by Gasteiger charge is 2.17. The number of carbonyl (C=O) groups is 2. The van der Waals surface area contributed by atoms with Crippen LogP contribution in [0.5, 0.6) is 0 Å². The van der Waals surface area contributed by atoms with Gasteiger partial charge in [-0.3, -0.25) is 9.59 Å². The molecule has 1 aromatic rings. The fourth-order valence-electron chi connectivity index (χ4n) is 1.54. The molecule has 17 heavy (non-hydrogen) atoms. The van der Waals surface area contributed by atoms with Gasteiger partial charge in [-0.05, 0) is 5.56 Å². The quantitative estimate of drug-likeness (QED) is 0.854. The predicted octanol–water partition coefficient (Wildman–Crippen LogP) is 1.34. The van der Waals surface area contributed by atoms with E-state index in [4.69, 9.17) is 0 Å². The molecule has 1 aromatic carbocycles. The molecule has 0 spiro atoms. The van der Waals surface area contributed by atoms with Gasteiger partial charge in [0, 0.05) is 21.0 Å². The Morgan fingerprint density at radius 2 is 1.82 bits per heavy atom. The molecule has 0 aliphatic carbocycles. The van der Waals surface area contributed by atoms with E-state index in [2.05, 4.69) is 5.32 Å². The summed E-state index contributed by atoms with van der Waals surface area (Å²) < 4.78 is 0. The van der Waals surface area contributed by atoms with Crippen molar-refractivity contribution >= 4 is 11.8 Å². The summed E-state index contributed by atoms with van der Waals surface area (Å²) >= 11 is 0. The molecule has 4 nitrogen and oxygen atoms in total. The van der Waals surface area contributed by atoms with Crippen LogP contribution in [0.1, 0.15) is 24.9 Å². The van der Waals surface area contributed by atoms with E-state index in [0.717, 1.165) is 5.56 Å². The number of nitrogens with one attached hydrogen (secondary N) is 1. The molecular formula is C13H18N2O2. The molecule has 0 fully saturated rings. The van der Waals surface area contributed by atoms with Crippen molar-refractivity contribution < 1.29 is 9.59 Å². The van der Waals surface area contributed by atoms with E-state index in [9.17, 15) is 9.59 Å². The fourth-order valence-corrected chi connectivity index (χ4v) is 1.54. The zero-order valence-corrected chi connectivity index (χ0v) is 10.4. The van der Waals surface area contributed by atoms with E-state index in [1.54, 1.807) is 14.1 Å². The number of hydrogen-bond acceptors (Lipinski definition) is 2. The first-order valence-electron chi connectivity index (χ1n) is 5.53. The third-order valence-electron chi connectivity index (χ3n) is 2.46. The number of benzene rings is 1. The number of hydrogen-bond donors (Lipinski definition) is 1. The van der Waals surface area contributed by atoms with Crippen LogP contribution in [0.2, 0.25) is 0 Å². The Kier molecular flexibility index (Phi) is 4.69. The minimum absolute atomic E-state index is 0.00685. The van der Waals surface area contributed by atoms with Crippen molar-refractivity contribution in [1.29, 1.82) is 0 Å². The number of rotatable bonds is 4. The van der Waals surface area contributed by atoms with Crippen molar-refractivity contribution in [3.05, 3.63) is 35.9 Å². The molecule has 0 aliphatic rings. The average molecular weight is 234 g/mol. The molecular weight excluding hydrogens is 216 g/mol. The van der Waals surface area contributed by atoms with Gasteiger partial charge in [-0.1, -0.05) is 30.3 Å².